The molecule has 2 aromatic rings. The van der Waals surface area contributed by atoms with Crippen LogP contribution in [0.5, 0.6) is 0 Å². The van der Waals surface area contributed by atoms with E-state index in [1.807, 2.05) is 18.2 Å². The van der Waals surface area contributed by atoms with Gasteiger partial charge in [0.15, 0.2) is 0 Å². The molecule has 0 radical (unpaired) electrons. The summed E-state index contributed by atoms with van der Waals surface area (Å²) in [6.45, 7) is 5.81. The van der Waals surface area contributed by atoms with Gasteiger partial charge < -0.3 is 30.3 Å². The molecule has 1 aliphatic carbocycles. The van der Waals surface area contributed by atoms with Gasteiger partial charge in [-0.1, -0.05) is 49.7 Å². The van der Waals surface area contributed by atoms with Crippen molar-refractivity contribution in [2.75, 3.05) is 33.4 Å². The lowest BCUT2D eigenvalue weighted by Gasteiger charge is -2.43. The van der Waals surface area contributed by atoms with Gasteiger partial charge in [0.05, 0.1) is 19.3 Å². The Kier molecular flexibility index (Phi) is 10.0. The lowest BCUT2D eigenvalue weighted by molar-refractivity contribution is -0.167. The van der Waals surface area contributed by atoms with Crippen LogP contribution in [0.25, 0.3) is 11.1 Å². The van der Waals surface area contributed by atoms with Crippen molar-refractivity contribution in [3.63, 3.8) is 0 Å². The molecule has 8 nitrogen and oxygen atoms in total. The van der Waals surface area contributed by atoms with Gasteiger partial charge in [0.1, 0.15) is 16.9 Å². The highest BCUT2D eigenvalue weighted by Gasteiger charge is 2.46. The zero-order valence-corrected chi connectivity index (χ0v) is 23.9. The van der Waals surface area contributed by atoms with Crippen LogP contribution in [-0.2, 0) is 19.9 Å². The van der Waals surface area contributed by atoms with Gasteiger partial charge in [0.2, 0.25) is 5.91 Å². The highest BCUT2D eigenvalue weighted by molar-refractivity contribution is 6.32. The molecule has 4 N–H and O–H groups in total. The minimum atomic E-state index is -1.44. The number of carbonyl (C=O) groups excluding carboxylic acids is 1. The Morgan fingerprint density at radius 1 is 1.31 bits per heavy atom. The Labute approximate surface area is 236 Å². The largest absolute Gasteiger partial charge is 0.391 e. The molecule has 5 unspecified atom stereocenters. The van der Waals surface area contributed by atoms with Crippen LogP contribution in [0.4, 0.5) is 0 Å². The van der Waals surface area contributed by atoms with Crippen molar-refractivity contribution in [3.05, 3.63) is 52.8 Å². The molecule has 2 fully saturated rings. The van der Waals surface area contributed by atoms with E-state index in [-0.39, 0.29) is 18.4 Å². The molecule has 1 aromatic heterocycles. The number of halogens is 1. The lowest BCUT2D eigenvalue weighted by Crippen LogP contribution is -2.55. The van der Waals surface area contributed by atoms with E-state index >= 15 is 0 Å². The van der Waals surface area contributed by atoms with Crippen LogP contribution in [0.15, 0.2) is 36.5 Å². The molecule has 214 valence electrons. The number of morpholine rings is 1. The number of aromatic nitrogens is 1. The second-order valence-electron chi connectivity index (χ2n) is 11.2. The van der Waals surface area contributed by atoms with Crippen molar-refractivity contribution in [1.29, 1.82) is 0 Å². The van der Waals surface area contributed by atoms with Crippen molar-refractivity contribution in [2.45, 2.75) is 75.7 Å². The van der Waals surface area contributed by atoms with Gasteiger partial charge >= 0.3 is 0 Å². The fourth-order valence-electron chi connectivity index (χ4n) is 5.88. The summed E-state index contributed by atoms with van der Waals surface area (Å²) in [5, 5.41) is 23.0. The Balaban J connectivity index is 1.70. The van der Waals surface area contributed by atoms with Crippen LogP contribution in [0.2, 0.25) is 5.15 Å². The van der Waals surface area contributed by atoms with Crippen molar-refractivity contribution in [3.8, 4) is 11.1 Å². The molecule has 2 heterocycles. The maximum absolute atomic E-state index is 13.4. The van der Waals surface area contributed by atoms with Gasteiger partial charge in [-0.3, -0.25) is 4.79 Å². The third-order valence-electron chi connectivity index (χ3n) is 8.21. The fourth-order valence-corrected chi connectivity index (χ4v) is 6.15. The van der Waals surface area contributed by atoms with E-state index in [9.17, 15) is 15.0 Å². The Bertz CT molecular complexity index is 1120. The summed E-state index contributed by atoms with van der Waals surface area (Å²) in [6, 6.07) is 9.57. The molecule has 5 atom stereocenters. The average Bonchev–Trinajstić information content (AvgIpc) is 3.28. The Morgan fingerprint density at radius 3 is 2.79 bits per heavy atom. The third-order valence-corrected chi connectivity index (χ3v) is 8.49. The van der Waals surface area contributed by atoms with E-state index in [0.29, 0.717) is 67.6 Å². The summed E-state index contributed by atoms with van der Waals surface area (Å²) in [5.74, 6) is -0.0526. The number of unbranched alkanes of at least 4 members (excludes halogenated alkanes) is 1. The molecule has 2 aliphatic rings. The highest BCUT2D eigenvalue weighted by Crippen LogP contribution is 2.43. The number of methoxy groups -OCH3 is 1. The van der Waals surface area contributed by atoms with E-state index < -0.39 is 23.9 Å². The van der Waals surface area contributed by atoms with Crippen molar-refractivity contribution < 1.29 is 24.5 Å². The Morgan fingerprint density at radius 2 is 2.10 bits per heavy atom. The van der Waals surface area contributed by atoms with Crippen LogP contribution in [0.3, 0.4) is 0 Å². The van der Waals surface area contributed by atoms with Crippen molar-refractivity contribution >= 4 is 17.5 Å². The topological polar surface area (TPSA) is 118 Å². The molecule has 9 heteroatoms. The first kappa shape index (κ1) is 29.9. The van der Waals surface area contributed by atoms with Gasteiger partial charge in [0, 0.05) is 44.0 Å². The number of carbonyl (C=O) groups is 1. The van der Waals surface area contributed by atoms with Crippen LogP contribution >= 0.6 is 11.6 Å². The number of benzene rings is 1. The number of hydrogen-bond acceptors (Lipinski definition) is 7. The van der Waals surface area contributed by atoms with E-state index in [4.69, 9.17) is 26.8 Å². The minimum absolute atomic E-state index is 0.0466. The van der Waals surface area contributed by atoms with Gasteiger partial charge in [0.25, 0.3) is 0 Å². The Hall–Kier alpha value is -2.07. The number of pyridine rings is 1. The standard InChI is InChI=1S/C30H42ClN3O5/c1-19(2)20-7-6-8-21(15-20)27-23(9-11-33-28(27)31)30(37,10-4-5-13-38-3)26-18-34(12-14-39-26)29(36)22-16-24(32)25(35)17-22/h6-9,11,15,19,22,24-26,35,37H,4-5,10,12-14,16-18,32H2,1-3H3. The smallest absolute Gasteiger partial charge is 0.226 e. The summed E-state index contributed by atoms with van der Waals surface area (Å²) in [6.07, 6.45) is 2.93. The molecular formula is C30H42ClN3O5. The van der Waals surface area contributed by atoms with E-state index in [2.05, 4.69) is 31.0 Å². The molecule has 0 bridgehead atoms. The van der Waals surface area contributed by atoms with Crippen LogP contribution in [0, 0.1) is 5.92 Å². The zero-order valence-electron chi connectivity index (χ0n) is 23.2. The van der Waals surface area contributed by atoms with Gasteiger partial charge in [-0.05, 0) is 60.8 Å². The maximum atomic E-state index is 13.4. The van der Waals surface area contributed by atoms with Crippen molar-refractivity contribution in [2.24, 2.45) is 11.7 Å². The molecule has 1 saturated heterocycles. The van der Waals surface area contributed by atoms with E-state index in [1.165, 1.54) is 0 Å². The molecule has 1 aromatic carbocycles. The molecule has 39 heavy (non-hydrogen) atoms. The normalized spacial score (nSPS) is 25.2. The van der Waals surface area contributed by atoms with E-state index in [0.717, 1.165) is 17.5 Å². The molecule has 4 rings (SSSR count). The number of aliphatic hydroxyl groups excluding tert-OH is 1. The molecular weight excluding hydrogens is 518 g/mol. The van der Waals surface area contributed by atoms with Crippen LogP contribution in [0.1, 0.15) is 63.0 Å². The molecule has 1 amide bonds. The van der Waals surface area contributed by atoms with Gasteiger partial charge in [-0.25, -0.2) is 4.98 Å². The predicted octanol–water partition coefficient (Wildman–Crippen LogP) is 3.86. The van der Waals surface area contributed by atoms with E-state index in [1.54, 1.807) is 18.2 Å². The first-order valence-corrected chi connectivity index (χ1v) is 14.3. The summed E-state index contributed by atoms with van der Waals surface area (Å²) >= 11 is 6.73. The number of aliphatic hydroxyl groups is 2. The third kappa shape index (κ3) is 6.64. The summed E-state index contributed by atoms with van der Waals surface area (Å²) in [5.41, 5.74) is 7.90. The summed E-state index contributed by atoms with van der Waals surface area (Å²) < 4.78 is 11.5. The maximum Gasteiger partial charge on any atom is 0.226 e. The fraction of sp³-hybridized carbons (Fsp3) is 0.600. The summed E-state index contributed by atoms with van der Waals surface area (Å²) in [4.78, 5) is 19.5. The van der Waals surface area contributed by atoms with Gasteiger partial charge in [-0.15, -0.1) is 0 Å². The van der Waals surface area contributed by atoms with Gasteiger partial charge in [-0.2, -0.15) is 0 Å². The number of amides is 1. The monoisotopic (exact) mass is 559 g/mol. The van der Waals surface area contributed by atoms with Crippen LogP contribution < -0.4 is 5.73 Å². The van der Waals surface area contributed by atoms with Crippen LogP contribution in [-0.4, -0.2) is 77.7 Å². The quantitative estimate of drug-likeness (QED) is 0.299. The second kappa shape index (κ2) is 13.1. The molecule has 1 saturated carbocycles. The average molecular weight is 560 g/mol. The number of nitrogens with zero attached hydrogens (tertiary/aromatic N) is 2. The summed E-state index contributed by atoms with van der Waals surface area (Å²) in [7, 11) is 1.66. The first-order valence-electron chi connectivity index (χ1n) is 14.0. The van der Waals surface area contributed by atoms with Crippen molar-refractivity contribution in [1.82, 2.24) is 9.88 Å². The first-order chi connectivity index (χ1) is 18.7. The highest BCUT2D eigenvalue weighted by atomic mass is 35.5. The predicted molar refractivity (Wildman–Crippen MR) is 151 cm³/mol. The molecule has 1 aliphatic heterocycles. The zero-order chi connectivity index (χ0) is 28.2. The number of ether oxygens (including phenoxy) is 2. The SMILES string of the molecule is COCCCCC(O)(c1ccnc(Cl)c1-c1cccc(C(C)C)c1)C1CN(C(=O)C2CC(N)C(O)C2)CCO1. The second-order valence-corrected chi connectivity index (χ2v) is 11.6. The number of hydrogen-bond donors (Lipinski definition) is 3. The lowest BCUT2D eigenvalue weighted by atomic mass is 9.79. The molecule has 0 spiro atoms. The number of rotatable bonds is 10. The number of nitrogens with two attached hydrogens (primary N) is 1. The minimum Gasteiger partial charge on any atom is -0.391 e.